The number of hydrogen-bond acceptors (Lipinski definition) is 3. The number of ether oxygens (including phenoxy) is 1. The van der Waals surface area contributed by atoms with Crippen LogP contribution < -0.4 is 4.74 Å². The van der Waals surface area contributed by atoms with Crippen LogP contribution in [0.15, 0.2) is 109 Å². The summed E-state index contributed by atoms with van der Waals surface area (Å²) in [6, 6.07) is 37.0. The van der Waals surface area contributed by atoms with Gasteiger partial charge in [-0.15, -0.1) is 0 Å². The second-order valence-electron chi connectivity index (χ2n) is 16.3. The molecule has 0 saturated carbocycles. The molecule has 4 aromatic carbocycles. The maximum atomic E-state index is 6.72. The molecule has 0 radical (unpaired) electrons. The molecule has 278 valence electrons. The lowest BCUT2D eigenvalue weighted by molar-refractivity contribution is 0.482. The first-order valence-electron chi connectivity index (χ1n) is 20.1. The van der Waals surface area contributed by atoms with Crippen LogP contribution in [0.5, 0.6) is 11.5 Å². The highest BCUT2D eigenvalue weighted by atomic mass is 16.5. The Labute approximate surface area is 322 Å². The maximum absolute atomic E-state index is 6.72. The van der Waals surface area contributed by atoms with E-state index in [4.69, 9.17) is 14.8 Å². The smallest absolute Gasteiger partial charge is 0.137 e. The standard InChI is InChI=1S/C49H56N4O/c1-8-16-43-48(36-20-11-10-12-21-36)45(17-9-2)53(51-43)38-22-15-23-39(32-38)54-40-25-26-41-42-30-35(19-14-13-18-34(3)4)24-27-44(42)52(46(41)33-40)47-31-37(28-29-50-47)49(5,6)7/h10-12,15,20-34H,8-9,13-14,16-19H2,1-7H3. The first-order chi connectivity index (χ1) is 26.1. The largest absolute Gasteiger partial charge is 0.457 e. The lowest BCUT2D eigenvalue weighted by atomic mass is 9.88. The zero-order valence-corrected chi connectivity index (χ0v) is 33.3. The van der Waals surface area contributed by atoms with E-state index >= 15 is 0 Å². The monoisotopic (exact) mass is 716 g/mol. The Morgan fingerprint density at radius 1 is 0.704 bits per heavy atom. The van der Waals surface area contributed by atoms with Crippen molar-refractivity contribution in [3.8, 4) is 34.1 Å². The molecule has 0 saturated heterocycles. The van der Waals surface area contributed by atoms with Crippen molar-refractivity contribution in [3.63, 3.8) is 0 Å². The minimum absolute atomic E-state index is 0.00360. The fourth-order valence-electron chi connectivity index (χ4n) is 7.75. The molecule has 0 aliphatic carbocycles. The Balaban J connectivity index is 1.29. The summed E-state index contributed by atoms with van der Waals surface area (Å²) in [5, 5.41) is 7.69. The molecular formula is C49H56N4O. The summed E-state index contributed by atoms with van der Waals surface area (Å²) >= 11 is 0. The average Bonchev–Trinajstić information content (AvgIpc) is 3.68. The number of rotatable bonds is 14. The summed E-state index contributed by atoms with van der Waals surface area (Å²) < 4.78 is 11.2. The van der Waals surface area contributed by atoms with Crippen LogP contribution in [0.1, 0.15) is 103 Å². The van der Waals surface area contributed by atoms with Crippen molar-refractivity contribution in [2.45, 2.75) is 105 Å². The van der Waals surface area contributed by atoms with Crippen LogP contribution in [0.3, 0.4) is 0 Å². The molecule has 0 unspecified atom stereocenters. The highest BCUT2D eigenvalue weighted by molar-refractivity contribution is 6.09. The SMILES string of the molecule is CCCc1nn(-c2cccc(Oc3ccc4c5cc(CCCCC(C)C)ccc5n(-c5cc(C(C)(C)C)ccn5)c4c3)c2)c(CCC)c1-c1ccccc1. The van der Waals surface area contributed by atoms with E-state index in [1.807, 2.05) is 12.3 Å². The van der Waals surface area contributed by atoms with Crippen molar-refractivity contribution in [3.05, 3.63) is 132 Å². The minimum atomic E-state index is 0.00360. The third-order valence-electron chi connectivity index (χ3n) is 10.5. The predicted octanol–water partition coefficient (Wildman–Crippen LogP) is 13.4. The Bertz CT molecular complexity index is 2360. The van der Waals surface area contributed by atoms with Gasteiger partial charge in [0.15, 0.2) is 0 Å². The van der Waals surface area contributed by atoms with Crippen molar-refractivity contribution >= 4 is 21.8 Å². The molecule has 0 aliphatic rings. The van der Waals surface area contributed by atoms with Gasteiger partial charge in [0.25, 0.3) is 0 Å². The summed E-state index contributed by atoms with van der Waals surface area (Å²) in [4.78, 5) is 4.93. The molecule has 0 atom stereocenters. The lowest BCUT2D eigenvalue weighted by Crippen LogP contribution is -2.12. The third kappa shape index (κ3) is 7.87. The van der Waals surface area contributed by atoms with Gasteiger partial charge in [-0.25, -0.2) is 9.67 Å². The number of nitrogens with zero attached hydrogens (tertiary/aromatic N) is 4. The van der Waals surface area contributed by atoms with Crippen LogP contribution in [0.25, 0.3) is 44.4 Å². The second kappa shape index (κ2) is 16.1. The van der Waals surface area contributed by atoms with E-state index in [1.165, 1.54) is 58.0 Å². The van der Waals surface area contributed by atoms with Gasteiger partial charge < -0.3 is 4.74 Å². The highest BCUT2D eigenvalue weighted by Crippen LogP contribution is 2.38. The van der Waals surface area contributed by atoms with Gasteiger partial charge in [0.2, 0.25) is 0 Å². The van der Waals surface area contributed by atoms with Crippen LogP contribution in [-0.2, 0) is 24.7 Å². The van der Waals surface area contributed by atoms with E-state index in [-0.39, 0.29) is 5.41 Å². The van der Waals surface area contributed by atoms with E-state index in [2.05, 4.69) is 155 Å². The molecule has 3 heterocycles. The van der Waals surface area contributed by atoms with E-state index in [1.54, 1.807) is 0 Å². The third-order valence-corrected chi connectivity index (χ3v) is 10.5. The molecule has 0 fully saturated rings. The first kappa shape index (κ1) is 37.2. The molecule has 0 aliphatic heterocycles. The molecule has 0 bridgehead atoms. The van der Waals surface area contributed by atoms with Gasteiger partial charge in [-0.1, -0.05) is 117 Å². The Morgan fingerprint density at radius 2 is 1.50 bits per heavy atom. The zero-order valence-electron chi connectivity index (χ0n) is 33.3. The molecule has 7 aromatic rings. The fourth-order valence-corrected chi connectivity index (χ4v) is 7.75. The summed E-state index contributed by atoms with van der Waals surface area (Å²) in [6.07, 6.45) is 10.7. The number of aryl methyl sites for hydroxylation is 2. The van der Waals surface area contributed by atoms with E-state index in [0.717, 1.165) is 77.8 Å². The van der Waals surface area contributed by atoms with Crippen molar-refractivity contribution in [1.29, 1.82) is 0 Å². The molecule has 0 spiro atoms. The molecule has 5 heteroatoms. The van der Waals surface area contributed by atoms with Gasteiger partial charge in [0, 0.05) is 34.7 Å². The molecular weight excluding hydrogens is 661 g/mol. The van der Waals surface area contributed by atoms with Gasteiger partial charge in [0.05, 0.1) is 28.1 Å². The Morgan fingerprint density at radius 3 is 2.26 bits per heavy atom. The van der Waals surface area contributed by atoms with Crippen LogP contribution in [0, 0.1) is 5.92 Å². The predicted molar refractivity (Wildman–Crippen MR) is 227 cm³/mol. The van der Waals surface area contributed by atoms with E-state index < -0.39 is 0 Å². The van der Waals surface area contributed by atoms with Crippen molar-refractivity contribution < 1.29 is 4.74 Å². The lowest BCUT2D eigenvalue weighted by Gasteiger charge is -2.20. The number of aromatic nitrogens is 4. The number of pyridine rings is 1. The molecule has 5 nitrogen and oxygen atoms in total. The van der Waals surface area contributed by atoms with Gasteiger partial charge >= 0.3 is 0 Å². The Kier molecular flexibility index (Phi) is 11.1. The topological polar surface area (TPSA) is 44.9 Å². The summed E-state index contributed by atoms with van der Waals surface area (Å²) in [5.74, 6) is 3.24. The number of unbranched alkanes of at least 4 members (excludes halogenated alkanes) is 1. The van der Waals surface area contributed by atoms with Crippen LogP contribution >= 0.6 is 0 Å². The maximum Gasteiger partial charge on any atom is 0.137 e. The van der Waals surface area contributed by atoms with E-state index in [9.17, 15) is 0 Å². The molecule has 0 N–H and O–H groups in total. The number of benzene rings is 4. The number of hydrogen-bond donors (Lipinski definition) is 0. The summed E-state index contributed by atoms with van der Waals surface area (Å²) in [5.41, 5.74) is 10.8. The van der Waals surface area contributed by atoms with Gasteiger partial charge in [0.1, 0.15) is 17.3 Å². The molecule has 7 rings (SSSR count). The van der Waals surface area contributed by atoms with Crippen LogP contribution in [0.4, 0.5) is 0 Å². The minimum Gasteiger partial charge on any atom is -0.457 e. The summed E-state index contributed by atoms with van der Waals surface area (Å²) in [6.45, 7) is 15.9. The van der Waals surface area contributed by atoms with Crippen LogP contribution in [-0.4, -0.2) is 19.3 Å². The molecule has 54 heavy (non-hydrogen) atoms. The Hall–Kier alpha value is -5.16. The fraction of sp³-hybridized carbons (Fsp3) is 0.347. The van der Waals surface area contributed by atoms with Crippen molar-refractivity contribution in [2.24, 2.45) is 5.92 Å². The molecule has 3 aromatic heterocycles. The molecule has 0 amide bonds. The van der Waals surface area contributed by atoms with Crippen molar-refractivity contribution in [2.75, 3.05) is 0 Å². The zero-order chi connectivity index (χ0) is 37.8. The average molecular weight is 717 g/mol. The van der Waals surface area contributed by atoms with Gasteiger partial charge in [-0.2, -0.15) is 5.10 Å². The normalized spacial score (nSPS) is 12.0. The van der Waals surface area contributed by atoms with E-state index in [0.29, 0.717) is 0 Å². The van der Waals surface area contributed by atoms with Gasteiger partial charge in [-0.3, -0.25) is 4.57 Å². The quantitative estimate of drug-likeness (QED) is 0.105. The van der Waals surface area contributed by atoms with Crippen LogP contribution in [0.2, 0.25) is 0 Å². The first-order valence-corrected chi connectivity index (χ1v) is 20.1. The highest BCUT2D eigenvalue weighted by Gasteiger charge is 2.21. The van der Waals surface area contributed by atoms with Gasteiger partial charge in [-0.05, 0) is 102 Å². The summed E-state index contributed by atoms with van der Waals surface area (Å²) in [7, 11) is 0. The van der Waals surface area contributed by atoms with Crippen molar-refractivity contribution in [1.82, 2.24) is 19.3 Å². The number of fused-ring (bicyclic) bond motifs is 3. The second-order valence-corrected chi connectivity index (χ2v) is 16.3.